The maximum atomic E-state index is 11.7. The Morgan fingerprint density at radius 3 is 2.21 bits per heavy atom. The lowest BCUT2D eigenvalue weighted by molar-refractivity contribution is 0.0925. The van der Waals surface area contributed by atoms with Gasteiger partial charge in [-0.15, -0.1) is 0 Å². The molecule has 0 saturated heterocycles. The van der Waals surface area contributed by atoms with Crippen LogP contribution in [0.15, 0.2) is 63.3 Å². The summed E-state index contributed by atoms with van der Waals surface area (Å²) in [6, 6.07) is 12.1. The van der Waals surface area contributed by atoms with Crippen LogP contribution in [-0.4, -0.2) is 24.2 Å². The lowest BCUT2D eigenvalue weighted by Crippen LogP contribution is -2.17. The van der Waals surface area contributed by atoms with Gasteiger partial charge < -0.3 is 4.42 Å². The van der Waals surface area contributed by atoms with Crippen LogP contribution < -0.4 is 10.9 Å². The Balaban J connectivity index is 1.55. The highest BCUT2D eigenvalue weighted by Gasteiger charge is 2.05. The van der Waals surface area contributed by atoms with Gasteiger partial charge in [0.05, 0.1) is 6.26 Å². The summed E-state index contributed by atoms with van der Waals surface area (Å²) in [6.45, 7) is 0. The Labute approximate surface area is 139 Å². The van der Waals surface area contributed by atoms with Gasteiger partial charge in [0.25, 0.3) is 5.91 Å². The molecule has 7 heteroatoms. The summed E-state index contributed by atoms with van der Waals surface area (Å²) in [4.78, 5) is 23.2. The van der Waals surface area contributed by atoms with Crippen LogP contribution in [0.1, 0.15) is 40.2 Å². The number of nitrogens with one attached hydrogen (secondary N) is 2. The molecule has 0 radical (unpaired) electrons. The maximum absolute atomic E-state index is 11.7. The van der Waals surface area contributed by atoms with Gasteiger partial charge in [0, 0.05) is 18.0 Å². The Kier molecular flexibility index (Phi) is 6.95. The number of rotatable bonds is 8. The van der Waals surface area contributed by atoms with Gasteiger partial charge in [-0.2, -0.15) is 10.2 Å². The molecule has 0 atom stereocenters. The Morgan fingerprint density at radius 1 is 0.917 bits per heavy atom. The first kappa shape index (κ1) is 17.1. The quantitative estimate of drug-likeness (QED) is 0.443. The summed E-state index contributed by atoms with van der Waals surface area (Å²) in [5.41, 5.74) is 5.39. The van der Waals surface area contributed by atoms with Gasteiger partial charge in [-0.3, -0.25) is 9.59 Å². The fraction of sp³-hybridized carbons (Fsp3) is 0.176. The van der Waals surface area contributed by atoms with E-state index < -0.39 is 0 Å². The molecule has 0 saturated carbocycles. The summed E-state index contributed by atoms with van der Waals surface area (Å²) >= 11 is 0. The van der Waals surface area contributed by atoms with Gasteiger partial charge in [-0.25, -0.2) is 10.9 Å². The van der Waals surface area contributed by atoms with Crippen molar-refractivity contribution in [1.29, 1.82) is 0 Å². The third-order valence-corrected chi connectivity index (χ3v) is 2.96. The van der Waals surface area contributed by atoms with Crippen molar-refractivity contribution in [2.75, 3.05) is 0 Å². The zero-order valence-corrected chi connectivity index (χ0v) is 13.0. The molecule has 1 aromatic heterocycles. The van der Waals surface area contributed by atoms with E-state index in [0.29, 0.717) is 18.4 Å². The fourth-order valence-corrected chi connectivity index (χ4v) is 1.75. The number of hydrogen-bond donors (Lipinski definition) is 2. The van der Waals surface area contributed by atoms with Crippen LogP contribution in [0.25, 0.3) is 0 Å². The number of furan rings is 1. The standard InChI is InChI=1S/C17H18N4O3/c22-16(14-8-3-1-4-9-14)20-18-11-5-2-6-12-19-21-17(23)15-10-7-13-24-15/h1,3-4,7-13H,2,5-6H2,(H,20,22)(H,21,23)/b18-11+,19-12+. The third-order valence-electron chi connectivity index (χ3n) is 2.96. The molecule has 124 valence electrons. The van der Waals surface area contributed by atoms with Gasteiger partial charge in [-0.1, -0.05) is 18.2 Å². The Bertz CT molecular complexity index is 694. The normalized spacial score (nSPS) is 11.0. The van der Waals surface area contributed by atoms with Gasteiger partial charge in [0.1, 0.15) is 0 Å². The highest BCUT2D eigenvalue weighted by molar-refractivity contribution is 5.94. The van der Waals surface area contributed by atoms with Crippen molar-refractivity contribution in [2.45, 2.75) is 19.3 Å². The Hall–Kier alpha value is -3.22. The molecule has 2 amide bonds. The maximum Gasteiger partial charge on any atom is 0.307 e. The molecule has 0 spiro atoms. The monoisotopic (exact) mass is 326 g/mol. The molecule has 0 aliphatic heterocycles. The van der Waals surface area contributed by atoms with Crippen LogP contribution in [0, 0.1) is 0 Å². The zero-order valence-electron chi connectivity index (χ0n) is 13.0. The van der Waals surface area contributed by atoms with Crippen LogP contribution in [0.2, 0.25) is 0 Å². The first-order valence-electron chi connectivity index (χ1n) is 7.49. The number of hydrogen-bond acceptors (Lipinski definition) is 5. The van der Waals surface area contributed by atoms with Crippen molar-refractivity contribution in [3.63, 3.8) is 0 Å². The zero-order chi connectivity index (χ0) is 17.0. The van der Waals surface area contributed by atoms with E-state index in [0.717, 1.165) is 6.42 Å². The molecule has 0 aliphatic carbocycles. The van der Waals surface area contributed by atoms with Crippen molar-refractivity contribution < 1.29 is 14.0 Å². The molecular formula is C17H18N4O3. The summed E-state index contributed by atoms with van der Waals surface area (Å²) in [6.07, 6.45) is 6.83. The summed E-state index contributed by atoms with van der Waals surface area (Å²) < 4.78 is 4.93. The van der Waals surface area contributed by atoms with Crippen LogP contribution in [0.4, 0.5) is 0 Å². The van der Waals surface area contributed by atoms with E-state index in [2.05, 4.69) is 21.1 Å². The molecule has 7 nitrogen and oxygen atoms in total. The highest BCUT2D eigenvalue weighted by Crippen LogP contribution is 1.99. The smallest absolute Gasteiger partial charge is 0.307 e. The van der Waals surface area contributed by atoms with E-state index in [9.17, 15) is 9.59 Å². The van der Waals surface area contributed by atoms with E-state index in [1.807, 2.05) is 6.07 Å². The molecular weight excluding hydrogens is 308 g/mol. The number of nitrogens with zero attached hydrogens (tertiary/aromatic N) is 2. The second-order valence-electron chi connectivity index (χ2n) is 4.78. The lowest BCUT2D eigenvalue weighted by Gasteiger charge is -1.98. The van der Waals surface area contributed by atoms with Gasteiger partial charge >= 0.3 is 5.91 Å². The van der Waals surface area contributed by atoms with Crippen LogP contribution >= 0.6 is 0 Å². The first-order chi connectivity index (χ1) is 11.8. The predicted octanol–water partition coefficient (Wildman–Crippen LogP) is 2.58. The molecule has 0 unspecified atom stereocenters. The van der Waals surface area contributed by atoms with Gasteiger partial charge in [-0.05, 0) is 43.5 Å². The van der Waals surface area contributed by atoms with Crippen molar-refractivity contribution in [1.82, 2.24) is 10.9 Å². The average Bonchev–Trinajstić information content (AvgIpc) is 3.15. The molecule has 1 heterocycles. The number of carbonyl (C=O) groups is 2. The number of hydrazone groups is 2. The SMILES string of the molecule is O=C(N/N=C/CCC/C=N/NC(=O)c1ccco1)c1ccccc1. The molecule has 1 aromatic carbocycles. The van der Waals surface area contributed by atoms with E-state index in [1.54, 1.807) is 48.8 Å². The van der Waals surface area contributed by atoms with Gasteiger partial charge in [0.2, 0.25) is 0 Å². The van der Waals surface area contributed by atoms with Crippen molar-refractivity contribution in [3.8, 4) is 0 Å². The minimum atomic E-state index is -0.388. The number of carbonyl (C=O) groups excluding carboxylic acids is 2. The second kappa shape index (κ2) is 9.73. The average molecular weight is 326 g/mol. The van der Waals surface area contributed by atoms with Gasteiger partial charge in [0.15, 0.2) is 5.76 Å². The largest absolute Gasteiger partial charge is 0.459 e. The minimum absolute atomic E-state index is 0.216. The molecule has 0 fully saturated rings. The Morgan fingerprint density at radius 2 is 1.58 bits per heavy atom. The van der Waals surface area contributed by atoms with E-state index in [-0.39, 0.29) is 17.6 Å². The van der Waals surface area contributed by atoms with E-state index in [4.69, 9.17) is 4.42 Å². The molecule has 2 aromatic rings. The third kappa shape index (κ3) is 5.88. The van der Waals surface area contributed by atoms with E-state index >= 15 is 0 Å². The minimum Gasteiger partial charge on any atom is -0.459 e. The topological polar surface area (TPSA) is 96.1 Å². The number of benzene rings is 1. The molecule has 24 heavy (non-hydrogen) atoms. The van der Waals surface area contributed by atoms with Crippen LogP contribution in [-0.2, 0) is 0 Å². The van der Waals surface area contributed by atoms with Crippen molar-refractivity contribution in [2.24, 2.45) is 10.2 Å². The first-order valence-corrected chi connectivity index (χ1v) is 7.49. The summed E-state index contributed by atoms with van der Waals surface area (Å²) in [5, 5.41) is 7.69. The lowest BCUT2D eigenvalue weighted by atomic mass is 10.2. The predicted molar refractivity (Wildman–Crippen MR) is 90.9 cm³/mol. The molecule has 2 rings (SSSR count). The summed E-state index contributed by atoms with van der Waals surface area (Å²) in [5.74, 6) is -0.413. The van der Waals surface area contributed by atoms with Crippen LogP contribution in [0.5, 0.6) is 0 Å². The number of unbranched alkanes of at least 4 members (excludes halogenated alkanes) is 2. The number of amides is 2. The second-order valence-corrected chi connectivity index (χ2v) is 4.78. The van der Waals surface area contributed by atoms with Crippen molar-refractivity contribution >= 4 is 24.2 Å². The highest BCUT2D eigenvalue weighted by atomic mass is 16.3. The van der Waals surface area contributed by atoms with Crippen LogP contribution in [0.3, 0.4) is 0 Å². The van der Waals surface area contributed by atoms with E-state index in [1.165, 1.54) is 6.26 Å². The summed E-state index contributed by atoms with van der Waals surface area (Å²) in [7, 11) is 0. The van der Waals surface area contributed by atoms with Crippen molar-refractivity contribution in [3.05, 3.63) is 60.1 Å². The fourth-order valence-electron chi connectivity index (χ4n) is 1.75. The molecule has 0 bridgehead atoms. The molecule has 2 N–H and O–H groups in total. The molecule has 0 aliphatic rings.